The summed E-state index contributed by atoms with van der Waals surface area (Å²) in [4.78, 5) is 9.12. The van der Waals surface area contributed by atoms with Crippen molar-refractivity contribution in [2.45, 2.75) is 65.0 Å². The van der Waals surface area contributed by atoms with Crippen LogP contribution >= 0.6 is 0 Å². The third-order valence-corrected chi connectivity index (χ3v) is 3.19. The van der Waals surface area contributed by atoms with E-state index >= 15 is 0 Å². The highest BCUT2D eigenvalue weighted by Gasteiger charge is 2.23. The molecule has 1 atom stereocenters. The summed E-state index contributed by atoms with van der Waals surface area (Å²) >= 11 is 0. The van der Waals surface area contributed by atoms with Crippen molar-refractivity contribution in [3.63, 3.8) is 0 Å². The fraction of sp³-hybridized carbons (Fsp3) is 0.750. The van der Waals surface area contributed by atoms with E-state index in [2.05, 4.69) is 43.0 Å². The molecule has 118 valence electrons. The second-order valence-electron chi connectivity index (χ2n) is 6.53. The Morgan fingerprint density at radius 1 is 1.38 bits per heavy atom. The summed E-state index contributed by atoms with van der Waals surface area (Å²) < 4.78 is 11.5. The monoisotopic (exact) mass is 293 g/mol. The summed E-state index contributed by atoms with van der Waals surface area (Å²) in [7, 11) is 0. The summed E-state index contributed by atoms with van der Waals surface area (Å²) in [6.45, 7) is 9.95. The molecule has 0 aromatic carbocycles. The van der Waals surface area contributed by atoms with Crippen molar-refractivity contribution in [3.8, 4) is 5.88 Å². The van der Waals surface area contributed by atoms with Crippen LogP contribution in [0.2, 0.25) is 0 Å². The average molecular weight is 293 g/mol. The van der Waals surface area contributed by atoms with E-state index in [0.29, 0.717) is 12.5 Å². The highest BCUT2D eigenvalue weighted by molar-refractivity contribution is 5.40. The largest absolute Gasteiger partial charge is 0.478 e. The van der Waals surface area contributed by atoms with E-state index in [1.54, 1.807) is 0 Å². The van der Waals surface area contributed by atoms with Crippen molar-refractivity contribution in [2.24, 2.45) is 0 Å². The van der Waals surface area contributed by atoms with Gasteiger partial charge in [0.05, 0.1) is 6.61 Å². The second kappa shape index (κ2) is 7.07. The molecule has 1 aromatic rings. The minimum Gasteiger partial charge on any atom is -0.478 e. The Morgan fingerprint density at radius 2 is 2.19 bits per heavy atom. The van der Waals surface area contributed by atoms with Crippen LogP contribution in [0.1, 0.15) is 65.3 Å². The van der Waals surface area contributed by atoms with E-state index in [-0.39, 0.29) is 11.6 Å². The Hall–Kier alpha value is -1.36. The van der Waals surface area contributed by atoms with Gasteiger partial charge in [0.2, 0.25) is 5.88 Å². The number of aromatic nitrogens is 2. The summed E-state index contributed by atoms with van der Waals surface area (Å²) in [5, 5.41) is 3.39. The first kappa shape index (κ1) is 16.0. The lowest BCUT2D eigenvalue weighted by atomic mass is 10.1. The van der Waals surface area contributed by atoms with Crippen molar-refractivity contribution in [1.82, 2.24) is 9.97 Å². The first-order valence-corrected chi connectivity index (χ1v) is 7.89. The zero-order chi connectivity index (χ0) is 15.3. The molecule has 21 heavy (non-hydrogen) atoms. The number of nitrogens with one attached hydrogen (secondary N) is 1. The van der Waals surface area contributed by atoms with Crippen LogP contribution in [0.3, 0.4) is 0 Å². The molecule has 5 nitrogen and oxygen atoms in total. The lowest BCUT2D eigenvalue weighted by Crippen LogP contribution is -2.27. The lowest BCUT2D eigenvalue weighted by Gasteiger charge is -2.22. The number of ether oxygens (including phenoxy) is 2. The van der Waals surface area contributed by atoms with E-state index in [0.717, 1.165) is 43.9 Å². The molecule has 1 unspecified atom stereocenters. The number of hydrogen-bond acceptors (Lipinski definition) is 5. The minimum absolute atomic E-state index is 0.000225. The van der Waals surface area contributed by atoms with Crippen LogP contribution in [-0.2, 0) is 4.74 Å². The molecule has 5 heteroatoms. The van der Waals surface area contributed by atoms with Crippen molar-refractivity contribution in [2.75, 3.05) is 18.5 Å². The van der Waals surface area contributed by atoms with Crippen molar-refractivity contribution >= 4 is 5.82 Å². The topological polar surface area (TPSA) is 56.3 Å². The fourth-order valence-electron chi connectivity index (χ4n) is 2.21. The molecule has 0 amide bonds. The Labute approximate surface area is 127 Å². The van der Waals surface area contributed by atoms with E-state index in [4.69, 9.17) is 9.47 Å². The SMILES string of the molecule is CCCCOc1cc(NC(C)(C)C)nc(C2CCCO2)n1. The van der Waals surface area contributed by atoms with E-state index in [1.165, 1.54) is 0 Å². The van der Waals surface area contributed by atoms with Gasteiger partial charge in [-0.15, -0.1) is 0 Å². The first-order chi connectivity index (χ1) is 9.98. The molecule has 0 saturated carbocycles. The quantitative estimate of drug-likeness (QED) is 0.810. The van der Waals surface area contributed by atoms with Gasteiger partial charge in [-0.05, 0) is 40.0 Å². The average Bonchev–Trinajstić information content (AvgIpc) is 2.90. The molecule has 0 radical (unpaired) electrons. The number of nitrogens with zero attached hydrogens (tertiary/aromatic N) is 2. The Bertz CT molecular complexity index is 451. The molecule has 1 fully saturated rings. The number of hydrogen-bond donors (Lipinski definition) is 1. The molecule has 2 rings (SSSR count). The van der Waals surface area contributed by atoms with Crippen molar-refractivity contribution in [3.05, 3.63) is 11.9 Å². The van der Waals surface area contributed by atoms with Crippen LogP contribution in [0.15, 0.2) is 6.07 Å². The predicted molar refractivity (Wildman–Crippen MR) is 83.7 cm³/mol. The molecule has 2 heterocycles. The zero-order valence-electron chi connectivity index (χ0n) is 13.6. The molecule has 1 aliphatic rings. The van der Waals surface area contributed by atoms with Gasteiger partial charge in [0.1, 0.15) is 11.9 Å². The zero-order valence-corrected chi connectivity index (χ0v) is 13.6. The molecule has 1 saturated heterocycles. The van der Waals surface area contributed by atoms with E-state index < -0.39 is 0 Å². The molecule has 1 aromatic heterocycles. The summed E-state index contributed by atoms with van der Waals surface area (Å²) in [6, 6.07) is 1.87. The van der Waals surface area contributed by atoms with Crippen LogP contribution in [0, 0.1) is 0 Å². The van der Waals surface area contributed by atoms with Gasteiger partial charge in [-0.25, -0.2) is 4.98 Å². The Morgan fingerprint density at radius 3 is 2.81 bits per heavy atom. The maximum atomic E-state index is 5.76. The van der Waals surface area contributed by atoms with Gasteiger partial charge in [-0.2, -0.15) is 4.98 Å². The van der Waals surface area contributed by atoms with Gasteiger partial charge < -0.3 is 14.8 Å². The van der Waals surface area contributed by atoms with E-state index in [9.17, 15) is 0 Å². The highest BCUT2D eigenvalue weighted by Crippen LogP contribution is 2.29. The fourth-order valence-corrected chi connectivity index (χ4v) is 2.21. The lowest BCUT2D eigenvalue weighted by molar-refractivity contribution is 0.104. The summed E-state index contributed by atoms with van der Waals surface area (Å²) in [5.74, 6) is 2.17. The maximum absolute atomic E-state index is 5.76. The summed E-state index contributed by atoms with van der Waals surface area (Å²) in [5.41, 5.74) is -0.0527. The Balaban J connectivity index is 2.18. The van der Waals surface area contributed by atoms with Gasteiger partial charge in [-0.1, -0.05) is 13.3 Å². The number of anilines is 1. The second-order valence-corrected chi connectivity index (χ2v) is 6.53. The van der Waals surface area contributed by atoms with Crippen molar-refractivity contribution in [1.29, 1.82) is 0 Å². The van der Waals surface area contributed by atoms with Gasteiger partial charge >= 0.3 is 0 Å². The Kier molecular flexibility index (Phi) is 5.39. The van der Waals surface area contributed by atoms with Crippen LogP contribution in [0.5, 0.6) is 5.88 Å². The van der Waals surface area contributed by atoms with Gasteiger partial charge in [0.15, 0.2) is 5.82 Å². The van der Waals surface area contributed by atoms with Crippen LogP contribution < -0.4 is 10.1 Å². The summed E-state index contributed by atoms with van der Waals surface area (Å²) in [6.07, 6.45) is 4.18. The van der Waals surface area contributed by atoms with Crippen LogP contribution in [-0.4, -0.2) is 28.7 Å². The molecular weight excluding hydrogens is 266 g/mol. The highest BCUT2D eigenvalue weighted by atomic mass is 16.5. The van der Waals surface area contributed by atoms with Gasteiger partial charge in [-0.3, -0.25) is 0 Å². The molecular formula is C16H27N3O2. The van der Waals surface area contributed by atoms with Crippen LogP contribution in [0.25, 0.3) is 0 Å². The van der Waals surface area contributed by atoms with Crippen LogP contribution in [0.4, 0.5) is 5.82 Å². The molecule has 0 spiro atoms. The third kappa shape index (κ3) is 5.16. The smallest absolute Gasteiger partial charge is 0.218 e. The number of unbranched alkanes of at least 4 members (excludes halogenated alkanes) is 1. The molecule has 1 N–H and O–H groups in total. The first-order valence-electron chi connectivity index (χ1n) is 7.89. The molecule has 1 aliphatic heterocycles. The standard InChI is InChI=1S/C16H27N3O2/c1-5-6-9-21-14-11-13(19-16(2,3)4)17-15(18-14)12-8-7-10-20-12/h11-12H,5-10H2,1-4H3,(H,17,18,19). The maximum Gasteiger partial charge on any atom is 0.218 e. The van der Waals surface area contributed by atoms with Gasteiger partial charge in [0.25, 0.3) is 0 Å². The normalized spacial score (nSPS) is 18.8. The minimum atomic E-state index is -0.0527. The van der Waals surface area contributed by atoms with E-state index in [1.807, 2.05) is 6.07 Å². The van der Waals surface area contributed by atoms with Crippen molar-refractivity contribution < 1.29 is 9.47 Å². The third-order valence-electron chi connectivity index (χ3n) is 3.19. The van der Waals surface area contributed by atoms with Gasteiger partial charge in [0, 0.05) is 18.2 Å². The number of rotatable bonds is 6. The molecule has 0 bridgehead atoms. The molecule has 0 aliphatic carbocycles. The predicted octanol–water partition coefficient (Wildman–Crippen LogP) is 3.72.